The highest BCUT2D eigenvalue weighted by atomic mass is 35.5. The average molecular weight is 753 g/mol. The second-order valence-electron chi connectivity index (χ2n) is 13.9. The lowest BCUT2D eigenvalue weighted by Gasteiger charge is -2.50. The highest BCUT2D eigenvalue weighted by molar-refractivity contribution is 6.58. The van der Waals surface area contributed by atoms with E-state index in [1.54, 1.807) is 48.5 Å². The number of allylic oxidation sites excluding steroid dienone is 2. The molecule has 268 valence electrons. The van der Waals surface area contributed by atoms with Crippen LogP contribution < -0.4 is 14.7 Å². The number of fused-ring (bicyclic) bond motifs is 4. The number of imide groups is 2. The molecule has 0 radical (unpaired) electrons. The Kier molecular flexibility index (Phi) is 8.27. The molecule has 1 saturated carbocycles. The van der Waals surface area contributed by atoms with Gasteiger partial charge in [-0.1, -0.05) is 29.8 Å². The summed E-state index contributed by atoms with van der Waals surface area (Å²) in [5, 5.41) is 19.7. The smallest absolute Gasteiger partial charge is 0.258 e. The number of benzene rings is 4. The van der Waals surface area contributed by atoms with Crippen molar-refractivity contribution in [2.24, 2.45) is 28.0 Å². The molecule has 53 heavy (non-hydrogen) atoms. The van der Waals surface area contributed by atoms with Crippen LogP contribution in [0.4, 0.5) is 32.8 Å². The van der Waals surface area contributed by atoms with Crippen molar-refractivity contribution in [3.63, 3.8) is 0 Å². The number of phenols is 1. The SMILES string of the molecule is CN(C)c1ccc(N=Nc2ccc(N3C(=O)C4CC=C5C(CC6(Cl)C(=O)N(c7ccc(F)cc7)C(=O)C6(Cl)C5c5ccccc5O)C4C3=O)cc2)cc1. The summed E-state index contributed by atoms with van der Waals surface area (Å²) in [4.78, 5) is 57.0. The summed E-state index contributed by atoms with van der Waals surface area (Å²) in [6, 6.07) is 25.3. The summed E-state index contributed by atoms with van der Waals surface area (Å²) in [7, 11) is 3.89. The number of carbonyl (C=O) groups excluding carboxylic acids is 4. The van der Waals surface area contributed by atoms with Gasteiger partial charge < -0.3 is 10.0 Å². The van der Waals surface area contributed by atoms with Gasteiger partial charge in [-0.15, -0.1) is 23.2 Å². The van der Waals surface area contributed by atoms with Crippen molar-refractivity contribution in [2.45, 2.75) is 28.5 Å². The molecule has 1 N–H and O–H groups in total. The van der Waals surface area contributed by atoms with Crippen LogP contribution in [-0.2, 0) is 19.2 Å². The Labute approximate surface area is 314 Å². The predicted octanol–water partition coefficient (Wildman–Crippen LogP) is 7.78. The molecule has 2 saturated heterocycles. The number of halogens is 3. The van der Waals surface area contributed by atoms with Gasteiger partial charge in [0.2, 0.25) is 11.8 Å². The van der Waals surface area contributed by atoms with Gasteiger partial charge in [-0.05, 0) is 97.6 Å². The monoisotopic (exact) mass is 751 g/mol. The summed E-state index contributed by atoms with van der Waals surface area (Å²) in [5.74, 6) is -6.94. The van der Waals surface area contributed by atoms with E-state index in [9.17, 15) is 28.7 Å². The molecule has 4 aromatic carbocycles. The fourth-order valence-electron chi connectivity index (χ4n) is 8.33. The van der Waals surface area contributed by atoms with Crippen molar-refractivity contribution >= 4 is 75.3 Å². The van der Waals surface area contributed by atoms with Crippen molar-refractivity contribution in [3.8, 4) is 5.75 Å². The first-order valence-corrected chi connectivity index (χ1v) is 17.8. The molecule has 2 aliphatic heterocycles. The highest BCUT2D eigenvalue weighted by Gasteiger charge is 2.77. The number of amides is 4. The number of aromatic hydroxyl groups is 1. The maximum atomic E-state index is 14.4. The Bertz CT molecular complexity index is 2250. The number of anilines is 3. The van der Waals surface area contributed by atoms with Crippen molar-refractivity contribution in [3.05, 3.63) is 120 Å². The quantitative estimate of drug-likeness (QED) is 0.0930. The summed E-state index contributed by atoms with van der Waals surface area (Å²) in [6.45, 7) is 0. The fraction of sp³-hybridized carbons (Fsp3) is 0.250. The van der Waals surface area contributed by atoms with E-state index in [0.29, 0.717) is 22.6 Å². The van der Waals surface area contributed by atoms with Crippen LogP contribution in [0, 0.1) is 23.6 Å². The van der Waals surface area contributed by atoms with Crippen molar-refractivity contribution in [2.75, 3.05) is 28.8 Å². The molecule has 2 aliphatic carbocycles. The number of para-hydroxylation sites is 1. The maximum absolute atomic E-state index is 14.4. The Balaban J connectivity index is 1.14. The van der Waals surface area contributed by atoms with Gasteiger partial charge in [0.05, 0.1) is 34.6 Å². The molecular formula is C40H32Cl2FN5O5. The topological polar surface area (TPSA) is 123 Å². The number of nitrogens with zero attached hydrogens (tertiary/aromatic N) is 5. The summed E-state index contributed by atoms with van der Waals surface area (Å²) in [6.07, 6.45) is 1.72. The van der Waals surface area contributed by atoms with Gasteiger partial charge in [0, 0.05) is 31.3 Å². The molecule has 6 atom stereocenters. The first-order chi connectivity index (χ1) is 25.3. The van der Waals surface area contributed by atoms with Crippen LogP contribution in [-0.4, -0.2) is 52.6 Å². The lowest BCUT2D eigenvalue weighted by molar-refractivity contribution is -0.125. The second-order valence-corrected chi connectivity index (χ2v) is 15.2. The maximum Gasteiger partial charge on any atom is 0.258 e. The highest BCUT2D eigenvalue weighted by Crippen LogP contribution is 2.66. The molecule has 4 aromatic rings. The van der Waals surface area contributed by atoms with Crippen molar-refractivity contribution < 1.29 is 28.7 Å². The van der Waals surface area contributed by atoms with Crippen LogP contribution in [0.3, 0.4) is 0 Å². The molecule has 2 heterocycles. The normalized spacial score (nSPS) is 27.9. The first kappa shape index (κ1) is 34.7. The number of hydrogen-bond acceptors (Lipinski definition) is 8. The minimum atomic E-state index is -2.14. The minimum Gasteiger partial charge on any atom is -0.508 e. The molecule has 0 aromatic heterocycles. The Morgan fingerprint density at radius 3 is 1.96 bits per heavy atom. The van der Waals surface area contributed by atoms with E-state index in [1.165, 1.54) is 18.2 Å². The first-order valence-electron chi connectivity index (χ1n) is 17.0. The molecule has 3 fully saturated rings. The molecule has 4 amide bonds. The fourth-order valence-corrected chi connectivity index (χ4v) is 9.26. The largest absolute Gasteiger partial charge is 0.508 e. The number of alkyl halides is 2. The van der Waals surface area contributed by atoms with E-state index in [0.717, 1.165) is 27.6 Å². The predicted molar refractivity (Wildman–Crippen MR) is 199 cm³/mol. The van der Waals surface area contributed by atoms with Gasteiger partial charge in [-0.25, -0.2) is 9.29 Å². The van der Waals surface area contributed by atoms with Crippen LogP contribution >= 0.6 is 23.2 Å². The van der Waals surface area contributed by atoms with E-state index >= 15 is 0 Å². The second kappa shape index (κ2) is 12.6. The third-order valence-electron chi connectivity index (χ3n) is 10.9. The van der Waals surface area contributed by atoms with Crippen LogP contribution in [0.15, 0.2) is 119 Å². The van der Waals surface area contributed by atoms with Gasteiger partial charge in [0.15, 0.2) is 9.75 Å². The number of phenolic OH excluding ortho intramolecular Hbond substituents is 1. The van der Waals surface area contributed by atoms with Crippen molar-refractivity contribution in [1.82, 2.24) is 0 Å². The minimum absolute atomic E-state index is 0.0743. The number of rotatable bonds is 6. The van der Waals surface area contributed by atoms with E-state index in [2.05, 4.69) is 10.2 Å². The van der Waals surface area contributed by atoms with Gasteiger partial charge in [-0.3, -0.25) is 24.1 Å². The summed E-state index contributed by atoms with van der Waals surface area (Å²) in [5.41, 5.74) is 3.41. The number of azo groups is 1. The molecular weight excluding hydrogens is 720 g/mol. The third-order valence-corrected chi connectivity index (χ3v) is 12.3. The molecule has 0 spiro atoms. The Morgan fingerprint density at radius 1 is 0.755 bits per heavy atom. The third kappa shape index (κ3) is 5.20. The van der Waals surface area contributed by atoms with E-state index < -0.39 is 62.9 Å². The van der Waals surface area contributed by atoms with Gasteiger partial charge >= 0.3 is 0 Å². The average Bonchev–Trinajstić information content (AvgIpc) is 3.49. The van der Waals surface area contributed by atoms with Crippen LogP contribution in [0.1, 0.15) is 24.3 Å². The van der Waals surface area contributed by atoms with E-state index in [1.807, 2.05) is 43.3 Å². The molecule has 0 bridgehead atoms. The zero-order chi connectivity index (χ0) is 37.4. The molecule has 13 heteroatoms. The summed E-state index contributed by atoms with van der Waals surface area (Å²) >= 11 is 14.7. The van der Waals surface area contributed by atoms with Crippen LogP contribution in [0.25, 0.3) is 0 Å². The lowest BCUT2D eigenvalue weighted by atomic mass is 9.56. The number of carbonyl (C=O) groups is 4. The van der Waals surface area contributed by atoms with Gasteiger partial charge in [-0.2, -0.15) is 10.2 Å². The zero-order valence-corrected chi connectivity index (χ0v) is 30.0. The van der Waals surface area contributed by atoms with Crippen LogP contribution in [0.5, 0.6) is 5.75 Å². The van der Waals surface area contributed by atoms with E-state index in [4.69, 9.17) is 23.2 Å². The van der Waals surface area contributed by atoms with Gasteiger partial charge in [0.1, 0.15) is 11.6 Å². The molecule has 4 aliphatic rings. The standard InChI is InChI=1S/C40H32Cl2FN5O5/c1-46(2)25-15-9-23(10-16-25)44-45-24-11-17-26(18-12-24)47-35(50)30-20-19-28-31(33(30)36(47)51)21-39(41)37(52)48(27-13-7-22(43)8-14-27)38(53)40(39,42)34(28)29-5-3-4-6-32(29)49/h3-19,30-31,33-34,49H,20-21H2,1-2H3. The Hall–Kier alpha value is -5.39. The lowest BCUT2D eigenvalue weighted by Crippen LogP contribution is -2.60. The molecule has 10 nitrogen and oxygen atoms in total. The molecule has 6 unspecified atom stereocenters. The number of hydrogen-bond donors (Lipinski definition) is 1. The zero-order valence-electron chi connectivity index (χ0n) is 28.5. The van der Waals surface area contributed by atoms with Crippen LogP contribution in [0.2, 0.25) is 0 Å². The van der Waals surface area contributed by atoms with Crippen molar-refractivity contribution in [1.29, 1.82) is 0 Å². The van der Waals surface area contributed by atoms with Gasteiger partial charge in [0.25, 0.3) is 11.8 Å². The summed E-state index contributed by atoms with van der Waals surface area (Å²) < 4.78 is 13.9. The Morgan fingerprint density at radius 2 is 1.34 bits per heavy atom. The van der Waals surface area contributed by atoms with E-state index in [-0.39, 0.29) is 29.8 Å². The molecule has 8 rings (SSSR count).